The van der Waals surface area contributed by atoms with Crippen molar-refractivity contribution in [2.75, 3.05) is 0 Å². The maximum absolute atomic E-state index is 11.1. The molecule has 1 amide bonds. The molecule has 0 spiro atoms. The number of nitrogens with zero attached hydrogens (tertiary/aromatic N) is 3. The average Bonchev–Trinajstić information content (AvgIpc) is 2.61. The number of hydrogen-bond acceptors (Lipinski definition) is 5. The van der Waals surface area contributed by atoms with Gasteiger partial charge in [0.15, 0.2) is 0 Å². The normalized spacial score (nSPS) is 10.0. The summed E-state index contributed by atoms with van der Waals surface area (Å²) in [4.78, 5) is 11.1. The first-order valence-corrected chi connectivity index (χ1v) is 8.02. The lowest BCUT2D eigenvalue weighted by molar-refractivity contribution is -0.120. The van der Waals surface area contributed by atoms with Crippen LogP contribution >= 0.6 is 15.9 Å². The fourth-order valence-corrected chi connectivity index (χ4v) is 2.43. The van der Waals surface area contributed by atoms with Crippen molar-refractivity contribution in [1.82, 2.24) is 5.43 Å². The molecule has 0 saturated heterocycles. The van der Waals surface area contributed by atoms with E-state index in [4.69, 9.17) is 15.3 Å². The van der Waals surface area contributed by atoms with Gasteiger partial charge in [0, 0.05) is 5.56 Å². The van der Waals surface area contributed by atoms with Crippen molar-refractivity contribution < 1.29 is 9.53 Å². The number of carbonyl (C=O) groups excluding carboxylic acids is 1. The number of carbonyl (C=O) groups is 1. The third kappa shape index (κ3) is 5.45. The van der Waals surface area contributed by atoms with Crippen LogP contribution in [0.4, 0.5) is 0 Å². The zero-order chi connectivity index (χ0) is 18.1. The first kappa shape index (κ1) is 18.2. The van der Waals surface area contributed by atoms with Gasteiger partial charge in [-0.2, -0.15) is 15.6 Å². The maximum atomic E-state index is 11.1. The second kappa shape index (κ2) is 9.21. The van der Waals surface area contributed by atoms with E-state index in [-0.39, 0.29) is 13.0 Å². The molecule has 124 valence electrons. The lowest BCUT2D eigenvalue weighted by atomic mass is 10.1. The molecule has 0 unspecified atom stereocenters. The number of hydrazone groups is 1. The van der Waals surface area contributed by atoms with Crippen LogP contribution in [0.25, 0.3) is 0 Å². The van der Waals surface area contributed by atoms with E-state index >= 15 is 0 Å². The van der Waals surface area contributed by atoms with Gasteiger partial charge in [-0.25, -0.2) is 5.43 Å². The monoisotopic (exact) mass is 396 g/mol. The van der Waals surface area contributed by atoms with E-state index in [0.29, 0.717) is 15.8 Å². The van der Waals surface area contributed by atoms with E-state index < -0.39 is 5.91 Å². The molecule has 0 bridgehead atoms. The van der Waals surface area contributed by atoms with Gasteiger partial charge in [-0.15, -0.1) is 0 Å². The number of nitrogens with one attached hydrogen (secondary N) is 1. The highest BCUT2D eigenvalue weighted by Crippen LogP contribution is 2.26. The summed E-state index contributed by atoms with van der Waals surface area (Å²) >= 11 is 3.42. The van der Waals surface area contributed by atoms with Crippen molar-refractivity contribution in [3.63, 3.8) is 0 Å². The number of benzene rings is 2. The van der Waals surface area contributed by atoms with Crippen LogP contribution in [0, 0.1) is 22.7 Å². The van der Waals surface area contributed by atoms with E-state index in [1.165, 1.54) is 6.21 Å². The molecule has 2 rings (SSSR count). The standard InChI is InChI=1S/C18H13BrN4O2/c19-16-9-13(11-22-23-18(24)7-8-20)5-6-17(16)25-12-15-4-2-1-3-14(15)10-21/h1-6,9,11H,7,12H2,(H,23,24)/b22-11-. The third-order valence-electron chi connectivity index (χ3n) is 3.12. The van der Waals surface area contributed by atoms with E-state index in [9.17, 15) is 4.79 Å². The minimum Gasteiger partial charge on any atom is -0.488 e. The molecule has 0 aromatic heterocycles. The molecule has 1 N–H and O–H groups in total. The Morgan fingerprint density at radius 3 is 2.80 bits per heavy atom. The Kier molecular flexibility index (Phi) is 6.70. The first-order valence-electron chi connectivity index (χ1n) is 7.23. The number of halogens is 1. The van der Waals surface area contributed by atoms with Gasteiger partial charge < -0.3 is 4.74 Å². The molecule has 2 aromatic rings. The summed E-state index contributed by atoms with van der Waals surface area (Å²) in [5.74, 6) is 0.160. The predicted molar refractivity (Wildman–Crippen MR) is 95.6 cm³/mol. The van der Waals surface area contributed by atoms with Crippen LogP contribution in [0.2, 0.25) is 0 Å². The van der Waals surface area contributed by atoms with Crippen molar-refractivity contribution in [1.29, 1.82) is 10.5 Å². The molecule has 0 radical (unpaired) electrons. The number of nitriles is 2. The largest absolute Gasteiger partial charge is 0.488 e. The highest BCUT2D eigenvalue weighted by molar-refractivity contribution is 9.10. The summed E-state index contributed by atoms with van der Waals surface area (Å²) in [6.07, 6.45) is 1.23. The summed E-state index contributed by atoms with van der Waals surface area (Å²) in [5, 5.41) is 21.2. The van der Waals surface area contributed by atoms with Crippen LogP contribution in [0.1, 0.15) is 23.1 Å². The van der Waals surface area contributed by atoms with Gasteiger partial charge in [0.25, 0.3) is 5.91 Å². The molecular weight excluding hydrogens is 384 g/mol. The second-order valence-electron chi connectivity index (χ2n) is 4.88. The van der Waals surface area contributed by atoms with Crippen molar-refractivity contribution >= 4 is 28.1 Å². The molecule has 0 fully saturated rings. The summed E-state index contributed by atoms with van der Waals surface area (Å²) in [6, 6.07) is 16.4. The number of ether oxygens (including phenoxy) is 1. The molecule has 0 saturated carbocycles. The smallest absolute Gasteiger partial charge is 0.254 e. The predicted octanol–water partition coefficient (Wildman–Crippen LogP) is 3.26. The average molecular weight is 397 g/mol. The van der Waals surface area contributed by atoms with Crippen molar-refractivity contribution in [3.05, 3.63) is 63.6 Å². The minimum absolute atomic E-state index is 0.238. The Balaban J connectivity index is 2.00. The molecule has 0 aliphatic rings. The molecule has 0 aliphatic heterocycles. The topological polar surface area (TPSA) is 98.3 Å². The molecule has 25 heavy (non-hydrogen) atoms. The van der Waals surface area contributed by atoms with Crippen LogP contribution in [0.15, 0.2) is 52.0 Å². The van der Waals surface area contributed by atoms with Crippen molar-refractivity contribution in [3.8, 4) is 17.9 Å². The minimum atomic E-state index is -0.464. The van der Waals surface area contributed by atoms with Gasteiger partial charge in [0.05, 0.1) is 28.4 Å². The van der Waals surface area contributed by atoms with Gasteiger partial charge in [-0.3, -0.25) is 4.79 Å². The zero-order valence-corrected chi connectivity index (χ0v) is 14.7. The van der Waals surface area contributed by atoms with E-state index in [0.717, 1.165) is 11.1 Å². The van der Waals surface area contributed by atoms with Crippen molar-refractivity contribution in [2.45, 2.75) is 13.0 Å². The Hall–Kier alpha value is -3.16. The van der Waals surface area contributed by atoms with Gasteiger partial charge in [0.2, 0.25) is 0 Å². The summed E-state index contributed by atoms with van der Waals surface area (Å²) in [7, 11) is 0. The highest BCUT2D eigenvalue weighted by Gasteiger charge is 2.05. The van der Waals surface area contributed by atoms with Crippen LogP contribution in [-0.2, 0) is 11.4 Å². The Morgan fingerprint density at radius 1 is 1.28 bits per heavy atom. The number of amides is 1. The molecule has 6 nitrogen and oxygen atoms in total. The Morgan fingerprint density at radius 2 is 2.08 bits per heavy atom. The molecule has 2 aromatic carbocycles. The molecule has 0 atom stereocenters. The second-order valence-corrected chi connectivity index (χ2v) is 5.73. The van der Waals surface area contributed by atoms with Crippen LogP contribution < -0.4 is 10.2 Å². The van der Waals surface area contributed by atoms with Gasteiger partial charge in [0.1, 0.15) is 18.8 Å². The van der Waals surface area contributed by atoms with Gasteiger partial charge in [-0.05, 0) is 45.8 Å². The molecule has 0 aliphatic carbocycles. The summed E-state index contributed by atoms with van der Waals surface area (Å²) in [6.45, 7) is 0.278. The fourth-order valence-electron chi connectivity index (χ4n) is 1.92. The fraction of sp³-hybridized carbons (Fsp3) is 0.111. The van der Waals surface area contributed by atoms with Crippen LogP contribution in [0.5, 0.6) is 5.75 Å². The quantitative estimate of drug-likeness (QED) is 0.598. The SMILES string of the molecule is N#CCC(=O)N/N=C\c1ccc(OCc2ccccc2C#N)c(Br)c1. The molecular formula is C18H13BrN4O2. The molecule has 7 heteroatoms. The van der Waals surface area contributed by atoms with Crippen LogP contribution in [0.3, 0.4) is 0 Å². The molecule has 0 heterocycles. The number of hydrogen-bond donors (Lipinski definition) is 1. The van der Waals surface area contributed by atoms with Gasteiger partial charge in [-0.1, -0.05) is 18.2 Å². The first-order chi connectivity index (χ1) is 12.1. The third-order valence-corrected chi connectivity index (χ3v) is 3.74. The maximum Gasteiger partial charge on any atom is 0.254 e. The lowest BCUT2D eigenvalue weighted by Crippen LogP contribution is -2.16. The van der Waals surface area contributed by atoms with Crippen molar-refractivity contribution in [2.24, 2.45) is 5.10 Å². The summed E-state index contributed by atoms with van der Waals surface area (Å²) < 4.78 is 6.46. The Bertz CT molecular complexity index is 881. The van der Waals surface area contributed by atoms with E-state index in [1.54, 1.807) is 30.3 Å². The summed E-state index contributed by atoms with van der Waals surface area (Å²) in [5.41, 5.74) is 4.39. The zero-order valence-electron chi connectivity index (χ0n) is 13.1. The lowest BCUT2D eigenvalue weighted by Gasteiger charge is -2.09. The van der Waals surface area contributed by atoms with E-state index in [2.05, 4.69) is 32.5 Å². The van der Waals surface area contributed by atoms with Gasteiger partial charge >= 0.3 is 0 Å². The van der Waals surface area contributed by atoms with E-state index in [1.807, 2.05) is 18.2 Å². The number of rotatable bonds is 6. The Labute approximate surface area is 153 Å². The van der Waals surface area contributed by atoms with Crippen LogP contribution in [-0.4, -0.2) is 12.1 Å². The highest BCUT2D eigenvalue weighted by atomic mass is 79.9.